The number of amides is 1. The predicted molar refractivity (Wildman–Crippen MR) is 71.3 cm³/mol. The van der Waals surface area contributed by atoms with Crippen LogP contribution < -0.4 is 10.2 Å². The average Bonchev–Trinajstić information content (AvgIpc) is 2.67. The standard InChI is InChI=1S/C14H15F3N2O2/c1-2-5-18-6-7-19-11-4-3-9(14(15,16)17)8-10(11)12(20)13(19)21/h3-4,8,18H,2,5-7H2,1H3. The molecule has 1 aromatic rings. The number of carbonyl (C=O) groups is 2. The van der Waals surface area contributed by atoms with Gasteiger partial charge in [-0.3, -0.25) is 9.59 Å². The molecule has 1 aromatic carbocycles. The van der Waals surface area contributed by atoms with Gasteiger partial charge in [0.05, 0.1) is 16.8 Å². The van der Waals surface area contributed by atoms with Crippen molar-refractivity contribution >= 4 is 17.4 Å². The van der Waals surface area contributed by atoms with E-state index >= 15 is 0 Å². The number of hydrogen-bond acceptors (Lipinski definition) is 3. The largest absolute Gasteiger partial charge is 0.416 e. The summed E-state index contributed by atoms with van der Waals surface area (Å²) in [5.41, 5.74) is -0.852. The minimum atomic E-state index is -4.53. The summed E-state index contributed by atoms with van der Waals surface area (Å²) in [5, 5.41) is 3.08. The second kappa shape index (κ2) is 5.85. The zero-order chi connectivity index (χ0) is 15.6. The van der Waals surface area contributed by atoms with Crippen LogP contribution in [0.1, 0.15) is 29.3 Å². The Hall–Kier alpha value is -1.89. The summed E-state index contributed by atoms with van der Waals surface area (Å²) in [6, 6.07) is 2.81. The quantitative estimate of drug-likeness (QED) is 0.670. The third-order valence-electron chi connectivity index (χ3n) is 3.24. The van der Waals surface area contributed by atoms with Crippen molar-refractivity contribution in [2.45, 2.75) is 19.5 Å². The van der Waals surface area contributed by atoms with Crippen molar-refractivity contribution in [1.82, 2.24) is 5.32 Å². The molecular weight excluding hydrogens is 285 g/mol. The molecule has 0 fully saturated rings. The normalized spacial score (nSPS) is 14.8. The van der Waals surface area contributed by atoms with E-state index in [0.29, 0.717) is 6.54 Å². The summed E-state index contributed by atoms with van der Waals surface area (Å²) in [7, 11) is 0. The van der Waals surface area contributed by atoms with Crippen LogP contribution in [0.2, 0.25) is 0 Å². The van der Waals surface area contributed by atoms with Gasteiger partial charge in [0.25, 0.3) is 11.7 Å². The van der Waals surface area contributed by atoms with Crippen molar-refractivity contribution in [3.8, 4) is 0 Å². The fraction of sp³-hybridized carbons (Fsp3) is 0.429. The molecule has 0 aromatic heterocycles. The molecule has 0 unspecified atom stereocenters. The molecule has 2 rings (SSSR count). The van der Waals surface area contributed by atoms with Gasteiger partial charge in [-0.25, -0.2) is 0 Å². The van der Waals surface area contributed by atoms with E-state index in [9.17, 15) is 22.8 Å². The summed E-state index contributed by atoms with van der Waals surface area (Å²) in [4.78, 5) is 24.9. The van der Waals surface area contributed by atoms with Gasteiger partial charge in [-0.05, 0) is 31.2 Å². The van der Waals surface area contributed by atoms with E-state index in [-0.39, 0.29) is 17.8 Å². The monoisotopic (exact) mass is 300 g/mol. The first-order valence-electron chi connectivity index (χ1n) is 6.64. The van der Waals surface area contributed by atoms with Crippen LogP contribution in [-0.4, -0.2) is 31.3 Å². The SMILES string of the molecule is CCCNCCN1C(=O)C(=O)c2cc(C(F)(F)F)ccc21. The number of ketones is 1. The highest BCUT2D eigenvalue weighted by molar-refractivity contribution is 6.52. The van der Waals surface area contributed by atoms with E-state index in [0.717, 1.165) is 25.1 Å². The molecule has 1 amide bonds. The van der Waals surface area contributed by atoms with Crippen molar-refractivity contribution < 1.29 is 22.8 Å². The van der Waals surface area contributed by atoms with E-state index in [4.69, 9.17) is 0 Å². The minimum absolute atomic E-state index is 0.176. The van der Waals surface area contributed by atoms with Crippen LogP contribution in [0.5, 0.6) is 0 Å². The summed E-state index contributed by atoms with van der Waals surface area (Å²) in [6.07, 6.45) is -3.60. The van der Waals surface area contributed by atoms with Crippen LogP contribution in [0.25, 0.3) is 0 Å². The van der Waals surface area contributed by atoms with Crippen LogP contribution in [0.4, 0.5) is 18.9 Å². The molecule has 4 nitrogen and oxygen atoms in total. The molecular formula is C14H15F3N2O2. The molecule has 1 heterocycles. The average molecular weight is 300 g/mol. The lowest BCUT2D eigenvalue weighted by Crippen LogP contribution is -2.36. The van der Waals surface area contributed by atoms with Crippen molar-refractivity contribution in [2.75, 3.05) is 24.5 Å². The zero-order valence-electron chi connectivity index (χ0n) is 11.5. The van der Waals surface area contributed by atoms with Gasteiger partial charge < -0.3 is 10.2 Å². The fourth-order valence-electron chi connectivity index (χ4n) is 2.19. The number of rotatable bonds is 5. The van der Waals surface area contributed by atoms with Crippen LogP contribution in [0.15, 0.2) is 18.2 Å². The Kier molecular flexibility index (Phi) is 4.32. The smallest absolute Gasteiger partial charge is 0.315 e. The Morgan fingerprint density at radius 1 is 1.19 bits per heavy atom. The minimum Gasteiger partial charge on any atom is -0.315 e. The zero-order valence-corrected chi connectivity index (χ0v) is 11.5. The van der Waals surface area contributed by atoms with Gasteiger partial charge in [-0.1, -0.05) is 6.92 Å². The maximum Gasteiger partial charge on any atom is 0.416 e. The second-order valence-electron chi connectivity index (χ2n) is 4.77. The Morgan fingerprint density at radius 2 is 1.90 bits per heavy atom. The van der Waals surface area contributed by atoms with E-state index in [1.54, 1.807) is 0 Å². The lowest BCUT2D eigenvalue weighted by Gasteiger charge is -2.17. The second-order valence-corrected chi connectivity index (χ2v) is 4.77. The maximum atomic E-state index is 12.6. The number of alkyl halides is 3. The maximum absolute atomic E-state index is 12.6. The molecule has 0 aliphatic carbocycles. The van der Waals surface area contributed by atoms with E-state index in [1.807, 2.05) is 6.92 Å². The molecule has 0 radical (unpaired) electrons. The van der Waals surface area contributed by atoms with Gasteiger partial charge in [-0.15, -0.1) is 0 Å². The number of hydrogen-bond donors (Lipinski definition) is 1. The van der Waals surface area contributed by atoms with Gasteiger partial charge in [-0.2, -0.15) is 13.2 Å². The highest BCUT2D eigenvalue weighted by Crippen LogP contribution is 2.35. The van der Waals surface area contributed by atoms with Gasteiger partial charge in [0.15, 0.2) is 0 Å². The molecule has 7 heteroatoms. The van der Waals surface area contributed by atoms with Crippen molar-refractivity contribution in [3.63, 3.8) is 0 Å². The molecule has 1 aliphatic heterocycles. The summed E-state index contributed by atoms with van der Waals surface area (Å²) >= 11 is 0. The van der Waals surface area contributed by atoms with Crippen LogP contribution in [0.3, 0.4) is 0 Å². The molecule has 1 aliphatic rings. The van der Waals surface area contributed by atoms with E-state index < -0.39 is 23.4 Å². The van der Waals surface area contributed by atoms with E-state index in [2.05, 4.69) is 5.32 Å². The van der Waals surface area contributed by atoms with Gasteiger partial charge in [0, 0.05) is 13.1 Å². The molecule has 0 saturated heterocycles. The first kappa shape index (κ1) is 15.5. The number of nitrogens with zero attached hydrogens (tertiary/aromatic N) is 1. The third-order valence-corrected chi connectivity index (χ3v) is 3.24. The molecule has 114 valence electrons. The lowest BCUT2D eigenvalue weighted by atomic mass is 10.1. The number of halogens is 3. The van der Waals surface area contributed by atoms with Crippen LogP contribution >= 0.6 is 0 Å². The van der Waals surface area contributed by atoms with Gasteiger partial charge in [0.2, 0.25) is 0 Å². The number of carbonyl (C=O) groups excluding carboxylic acids is 2. The molecule has 0 atom stereocenters. The lowest BCUT2D eigenvalue weighted by molar-refractivity contribution is -0.137. The van der Waals surface area contributed by atoms with Gasteiger partial charge in [0.1, 0.15) is 0 Å². The van der Waals surface area contributed by atoms with Crippen LogP contribution in [-0.2, 0) is 11.0 Å². The Morgan fingerprint density at radius 3 is 2.52 bits per heavy atom. The van der Waals surface area contributed by atoms with Crippen molar-refractivity contribution in [2.24, 2.45) is 0 Å². The molecule has 0 spiro atoms. The topological polar surface area (TPSA) is 49.4 Å². The van der Waals surface area contributed by atoms with Crippen molar-refractivity contribution in [3.05, 3.63) is 29.3 Å². The number of Topliss-reactive ketones (excluding diaryl/α,β-unsaturated/α-hetero) is 1. The molecule has 0 saturated carbocycles. The Labute approximate surface area is 119 Å². The Balaban J connectivity index is 2.22. The highest BCUT2D eigenvalue weighted by Gasteiger charge is 2.38. The van der Waals surface area contributed by atoms with Crippen LogP contribution in [0, 0.1) is 0 Å². The third kappa shape index (κ3) is 3.07. The highest BCUT2D eigenvalue weighted by atomic mass is 19.4. The molecule has 0 bridgehead atoms. The Bertz CT molecular complexity index is 570. The predicted octanol–water partition coefficient (Wildman–Crippen LogP) is 2.23. The van der Waals surface area contributed by atoms with Crippen molar-refractivity contribution in [1.29, 1.82) is 0 Å². The number of benzene rings is 1. The fourth-order valence-corrected chi connectivity index (χ4v) is 2.19. The molecule has 1 N–H and O–H groups in total. The summed E-state index contributed by atoms with van der Waals surface area (Å²) < 4.78 is 37.9. The van der Waals surface area contributed by atoms with E-state index in [1.165, 1.54) is 11.0 Å². The summed E-state index contributed by atoms with van der Waals surface area (Å²) in [5.74, 6) is -1.66. The number of fused-ring (bicyclic) bond motifs is 1. The number of nitrogens with one attached hydrogen (secondary N) is 1. The summed E-state index contributed by atoms with van der Waals surface area (Å²) in [6.45, 7) is 3.50. The first-order valence-corrected chi connectivity index (χ1v) is 6.64. The molecule has 21 heavy (non-hydrogen) atoms. The van der Waals surface area contributed by atoms with Gasteiger partial charge >= 0.3 is 6.18 Å². The number of anilines is 1. The first-order chi connectivity index (χ1) is 9.86.